The molecule has 0 aromatic carbocycles. The summed E-state index contributed by atoms with van der Waals surface area (Å²) in [6.07, 6.45) is 5.24. The van der Waals surface area contributed by atoms with Gasteiger partial charge in [-0.1, -0.05) is 11.8 Å². The van der Waals surface area contributed by atoms with Crippen molar-refractivity contribution in [2.24, 2.45) is 4.99 Å². The van der Waals surface area contributed by atoms with Crippen LogP contribution in [0.3, 0.4) is 0 Å². The molecular weight excluding hydrogens is 194 g/mol. The molecule has 0 heterocycles. The first-order valence-electron chi connectivity index (χ1n) is 3.24. The second-order valence-corrected chi connectivity index (χ2v) is 4.25. The molecule has 1 atom stereocenters. The van der Waals surface area contributed by atoms with Crippen molar-refractivity contribution >= 4 is 27.7 Å². The van der Waals surface area contributed by atoms with Crippen LogP contribution in [0.15, 0.2) is 4.99 Å². The zero-order chi connectivity index (χ0) is 9.40. The van der Waals surface area contributed by atoms with E-state index >= 15 is 0 Å². The van der Waals surface area contributed by atoms with Crippen molar-refractivity contribution in [3.05, 3.63) is 0 Å². The van der Waals surface area contributed by atoms with Crippen molar-refractivity contribution in [2.75, 3.05) is 24.8 Å². The van der Waals surface area contributed by atoms with Crippen LogP contribution in [-0.2, 0) is 10.8 Å². The van der Waals surface area contributed by atoms with Gasteiger partial charge in [-0.15, -0.1) is 0 Å². The van der Waals surface area contributed by atoms with E-state index in [4.69, 9.17) is 5.26 Å². The van der Waals surface area contributed by atoms with Crippen LogP contribution in [0.5, 0.6) is 0 Å². The lowest BCUT2D eigenvalue weighted by atomic mass is 10.8. The first-order chi connectivity index (χ1) is 5.70. The molecule has 1 unspecified atom stereocenters. The van der Waals surface area contributed by atoms with Crippen LogP contribution in [0, 0.1) is 11.5 Å². The Morgan fingerprint density at radius 2 is 2.50 bits per heavy atom. The predicted octanol–water partition coefficient (Wildman–Crippen LogP) is 0.155. The lowest BCUT2D eigenvalue weighted by Crippen LogP contribution is -2.14. The monoisotopic (exact) mass is 205 g/mol. The molecule has 0 spiro atoms. The predicted molar refractivity (Wildman–Crippen MR) is 53.5 cm³/mol. The van der Waals surface area contributed by atoms with Crippen molar-refractivity contribution < 1.29 is 4.21 Å². The van der Waals surface area contributed by atoms with Gasteiger partial charge in [-0.3, -0.25) is 14.5 Å². The smallest absolute Gasteiger partial charge is 0.183 e. The van der Waals surface area contributed by atoms with E-state index in [2.05, 4.69) is 10.3 Å². The minimum Gasteiger partial charge on any atom is -0.272 e. The average Bonchev–Trinajstić information content (AvgIpc) is 2.02. The molecule has 68 valence electrons. The summed E-state index contributed by atoms with van der Waals surface area (Å²) in [5, 5.41) is 11.3. The number of amidine groups is 1. The molecule has 0 aliphatic carbocycles. The van der Waals surface area contributed by atoms with Crippen LogP contribution >= 0.6 is 11.8 Å². The maximum atomic E-state index is 10.6. The Labute approximate surface area is 78.9 Å². The molecule has 6 heteroatoms. The van der Waals surface area contributed by atoms with Gasteiger partial charge in [0.05, 0.1) is 6.54 Å². The van der Waals surface area contributed by atoms with Crippen molar-refractivity contribution in [1.82, 2.24) is 5.32 Å². The van der Waals surface area contributed by atoms with Crippen LogP contribution in [0.1, 0.15) is 0 Å². The van der Waals surface area contributed by atoms with Crippen LogP contribution in [-0.4, -0.2) is 34.2 Å². The molecule has 0 radical (unpaired) electrons. The lowest BCUT2D eigenvalue weighted by molar-refractivity contribution is 0.686. The minimum atomic E-state index is -0.815. The second kappa shape index (κ2) is 7.13. The molecule has 0 fully saturated rings. The fourth-order valence-corrected chi connectivity index (χ4v) is 1.20. The average molecular weight is 205 g/mol. The summed E-state index contributed by atoms with van der Waals surface area (Å²) >= 11 is 1.36. The van der Waals surface area contributed by atoms with Gasteiger partial charge < -0.3 is 0 Å². The molecule has 0 amide bonds. The number of thioether (sulfide) groups is 1. The topological polar surface area (TPSA) is 65.2 Å². The van der Waals surface area contributed by atoms with Gasteiger partial charge in [0.1, 0.15) is 0 Å². The highest BCUT2D eigenvalue weighted by Crippen LogP contribution is 1.93. The van der Waals surface area contributed by atoms with Crippen LogP contribution in [0.2, 0.25) is 0 Å². The Morgan fingerprint density at radius 3 is 2.92 bits per heavy atom. The highest BCUT2D eigenvalue weighted by Gasteiger charge is 1.94. The molecule has 0 saturated carbocycles. The van der Waals surface area contributed by atoms with Crippen molar-refractivity contribution in [1.29, 1.82) is 5.26 Å². The van der Waals surface area contributed by atoms with Gasteiger partial charge in [0.15, 0.2) is 11.4 Å². The van der Waals surface area contributed by atoms with Crippen molar-refractivity contribution in [2.45, 2.75) is 0 Å². The summed E-state index contributed by atoms with van der Waals surface area (Å²) in [5.74, 6) is 0.539. The highest BCUT2D eigenvalue weighted by molar-refractivity contribution is 8.13. The van der Waals surface area contributed by atoms with Gasteiger partial charge in [0.2, 0.25) is 0 Å². The minimum absolute atomic E-state index is 0.494. The molecule has 12 heavy (non-hydrogen) atoms. The van der Waals surface area contributed by atoms with Gasteiger partial charge >= 0.3 is 0 Å². The summed E-state index contributed by atoms with van der Waals surface area (Å²) < 4.78 is 10.6. The van der Waals surface area contributed by atoms with Crippen molar-refractivity contribution in [3.63, 3.8) is 0 Å². The maximum absolute atomic E-state index is 10.6. The number of nitrogens with one attached hydrogen (secondary N) is 1. The second-order valence-electron chi connectivity index (χ2n) is 1.91. The van der Waals surface area contributed by atoms with E-state index in [1.165, 1.54) is 11.8 Å². The molecule has 1 N–H and O–H groups in total. The first kappa shape index (κ1) is 11.5. The summed E-state index contributed by atoms with van der Waals surface area (Å²) in [6.45, 7) is 0.494. The standard InChI is InChI=1S/C6H11N3OS2/c1-11-6(9-5-7)8-3-4-12(2)10/h3-4H2,1-2H3,(H,8,9). The van der Waals surface area contributed by atoms with E-state index in [9.17, 15) is 4.21 Å². The number of nitriles is 1. The molecule has 0 rings (SSSR count). The number of aliphatic imine (C=N–C) groups is 1. The zero-order valence-electron chi connectivity index (χ0n) is 7.03. The van der Waals surface area contributed by atoms with Gasteiger partial charge in [0, 0.05) is 22.8 Å². The molecule has 0 aromatic rings. The van der Waals surface area contributed by atoms with Crippen molar-refractivity contribution in [3.8, 4) is 6.19 Å². The van der Waals surface area contributed by atoms with Crippen LogP contribution in [0.25, 0.3) is 0 Å². The van der Waals surface area contributed by atoms with E-state index < -0.39 is 10.8 Å². The molecule has 0 saturated heterocycles. The quantitative estimate of drug-likeness (QED) is 0.308. The molecule has 0 aliphatic heterocycles. The van der Waals surface area contributed by atoms with Crippen LogP contribution in [0.4, 0.5) is 0 Å². The molecule has 0 aliphatic rings. The summed E-state index contributed by atoms with van der Waals surface area (Å²) in [4.78, 5) is 4.03. The number of rotatable bonds is 3. The van der Waals surface area contributed by atoms with Gasteiger partial charge in [0.25, 0.3) is 0 Å². The Hall–Kier alpha value is -0.540. The van der Waals surface area contributed by atoms with Crippen LogP contribution < -0.4 is 5.32 Å². The number of hydrogen-bond acceptors (Lipinski definition) is 4. The molecule has 0 bridgehead atoms. The van der Waals surface area contributed by atoms with E-state index in [0.717, 1.165) is 0 Å². The lowest BCUT2D eigenvalue weighted by Gasteiger charge is -1.97. The third-order valence-electron chi connectivity index (χ3n) is 0.990. The number of hydrogen-bond donors (Lipinski definition) is 1. The van der Waals surface area contributed by atoms with E-state index in [-0.39, 0.29) is 0 Å². The van der Waals surface area contributed by atoms with Gasteiger partial charge in [-0.05, 0) is 6.26 Å². The highest BCUT2D eigenvalue weighted by atomic mass is 32.2. The SMILES string of the molecule is CSC(=NCCS(C)=O)NC#N. The number of nitrogens with zero attached hydrogens (tertiary/aromatic N) is 2. The summed E-state index contributed by atoms with van der Waals surface area (Å²) in [7, 11) is -0.815. The maximum Gasteiger partial charge on any atom is 0.183 e. The summed E-state index contributed by atoms with van der Waals surface area (Å²) in [5.41, 5.74) is 0. The van der Waals surface area contributed by atoms with E-state index in [1.807, 2.05) is 6.26 Å². The third kappa shape index (κ3) is 6.19. The fraction of sp³-hybridized carbons (Fsp3) is 0.667. The van der Waals surface area contributed by atoms with Gasteiger partial charge in [-0.25, -0.2) is 0 Å². The Morgan fingerprint density at radius 1 is 1.83 bits per heavy atom. The van der Waals surface area contributed by atoms with E-state index in [0.29, 0.717) is 17.5 Å². The Balaban J connectivity index is 3.79. The molecule has 4 nitrogen and oxygen atoms in total. The summed E-state index contributed by atoms with van der Waals surface area (Å²) in [6, 6.07) is 0. The normalized spacial score (nSPS) is 13.6. The van der Waals surface area contributed by atoms with Gasteiger partial charge in [-0.2, -0.15) is 5.26 Å². The van der Waals surface area contributed by atoms with E-state index in [1.54, 1.807) is 12.4 Å². The molecule has 0 aromatic heterocycles. The fourth-order valence-electron chi connectivity index (χ4n) is 0.479. The molecular formula is C6H11N3OS2. The Bertz CT molecular complexity index is 221. The largest absolute Gasteiger partial charge is 0.272 e. The first-order valence-corrected chi connectivity index (χ1v) is 6.19. The Kier molecular flexibility index (Phi) is 6.81. The third-order valence-corrected chi connectivity index (χ3v) is 2.37. The zero-order valence-corrected chi connectivity index (χ0v) is 8.67.